The molecule has 1 N–H and O–H groups in total. The van der Waals surface area contributed by atoms with Crippen molar-refractivity contribution in [3.63, 3.8) is 0 Å². The molecule has 4 fully saturated rings. The number of hydrogen-bond donors (Lipinski definition) is 1. The number of carbonyl (C=O) groups excluding carboxylic acids is 2. The number of fused-ring (bicyclic) bond motifs is 7. The Kier molecular flexibility index (Phi) is 9.38. The zero-order chi connectivity index (χ0) is 38.0. The summed E-state index contributed by atoms with van der Waals surface area (Å²) < 4.78 is 6.21. The lowest BCUT2D eigenvalue weighted by Crippen LogP contribution is -2.66. The van der Waals surface area contributed by atoms with Gasteiger partial charge in [-0.25, -0.2) is 0 Å². The van der Waals surface area contributed by atoms with Crippen LogP contribution in [-0.4, -0.2) is 22.8 Å². The van der Waals surface area contributed by atoms with Gasteiger partial charge in [-0.15, -0.1) is 0 Å². The molecule has 0 bridgehead atoms. The number of ether oxygens (including phenoxy) is 1. The van der Waals surface area contributed by atoms with E-state index in [1.165, 1.54) is 12.1 Å². The fourth-order valence-electron chi connectivity index (χ4n) is 12.8. The van der Waals surface area contributed by atoms with Gasteiger partial charge in [0.25, 0.3) is 5.69 Å². The first kappa shape index (κ1) is 37.6. The van der Waals surface area contributed by atoms with Crippen molar-refractivity contribution in [1.82, 2.24) is 5.32 Å². The van der Waals surface area contributed by atoms with E-state index in [-0.39, 0.29) is 56.6 Å². The summed E-state index contributed by atoms with van der Waals surface area (Å²) in [5, 5.41) is 14.4. The highest BCUT2D eigenvalue weighted by molar-refractivity contribution is 5.92. The summed E-state index contributed by atoms with van der Waals surface area (Å²) in [6, 6.07) is 16.4. The number of esters is 1. The number of carbonyl (C=O) groups is 2. The van der Waals surface area contributed by atoms with Gasteiger partial charge in [-0.1, -0.05) is 90.4 Å². The Hall–Kier alpha value is -3.74. The zero-order valence-electron chi connectivity index (χ0n) is 33.0. The van der Waals surface area contributed by atoms with Crippen molar-refractivity contribution in [3.05, 3.63) is 93.6 Å². The van der Waals surface area contributed by atoms with Crippen LogP contribution in [0.3, 0.4) is 0 Å². The molecule has 5 aliphatic carbocycles. The van der Waals surface area contributed by atoms with E-state index in [0.717, 1.165) is 75.3 Å². The summed E-state index contributed by atoms with van der Waals surface area (Å²) in [6.07, 6.45) is 16.1. The molecule has 0 aliphatic heterocycles. The largest absolute Gasteiger partial charge is 0.460 e. The Morgan fingerprint density at radius 1 is 0.868 bits per heavy atom. The number of nitro groups is 1. The Balaban J connectivity index is 1.12. The van der Waals surface area contributed by atoms with Crippen LogP contribution in [0.4, 0.5) is 5.69 Å². The molecule has 1 amide bonds. The van der Waals surface area contributed by atoms with Crippen LogP contribution in [0.25, 0.3) is 6.08 Å². The monoisotopic (exact) mass is 720 g/mol. The van der Waals surface area contributed by atoms with Crippen LogP contribution in [0, 0.1) is 60.4 Å². The molecule has 0 spiro atoms. The van der Waals surface area contributed by atoms with Gasteiger partial charge < -0.3 is 10.1 Å². The Bertz CT molecular complexity index is 1810. The van der Waals surface area contributed by atoms with Gasteiger partial charge in [-0.2, -0.15) is 0 Å². The van der Waals surface area contributed by atoms with Gasteiger partial charge in [-0.3, -0.25) is 19.7 Å². The summed E-state index contributed by atoms with van der Waals surface area (Å²) in [7, 11) is 0. The van der Waals surface area contributed by atoms with E-state index in [2.05, 4.69) is 59.9 Å². The van der Waals surface area contributed by atoms with Gasteiger partial charge >= 0.3 is 5.97 Å². The number of non-ortho nitro benzene ring substituents is 1. The fourth-order valence-corrected chi connectivity index (χ4v) is 12.8. The standard InChI is InChI=1S/C46H60N2O5/c1-41(2)25-27-46(40(50)53-30-32-11-9-8-10-12-32)28-26-44(6)34(35(46)29-41)18-19-37-43(5)23-22-38(42(3,4)36(43)21-24-45(37,44)7)47-39(49)20-15-31-13-16-33(17-14-31)48(51)52/h8-18,20,35-38H,19,21-30H2,1-7H3,(H,47,49)/b20-15+/t35?,36?,37?,38-,43+,44-,45-,46+/m1/s1. The van der Waals surface area contributed by atoms with E-state index in [9.17, 15) is 19.7 Å². The minimum absolute atomic E-state index is 0.0115. The quantitative estimate of drug-likeness (QED) is 0.101. The average Bonchev–Trinajstić information content (AvgIpc) is 3.11. The average molecular weight is 721 g/mol. The summed E-state index contributed by atoms with van der Waals surface area (Å²) in [5.74, 6) is 1.09. The normalized spacial score (nSPS) is 36.8. The molecule has 284 valence electrons. The van der Waals surface area contributed by atoms with E-state index in [0.29, 0.717) is 18.4 Å². The molecule has 53 heavy (non-hydrogen) atoms. The van der Waals surface area contributed by atoms with Crippen molar-refractivity contribution in [1.29, 1.82) is 0 Å². The third-order valence-corrected chi connectivity index (χ3v) is 16.1. The van der Waals surface area contributed by atoms with Gasteiger partial charge in [0.05, 0.1) is 10.3 Å². The topological polar surface area (TPSA) is 98.5 Å². The molecule has 8 atom stereocenters. The lowest BCUT2D eigenvalue weighted by atomic mass is 9.33. The number of amides is 1. The van der Waals surface area contributed by atoms with Crippen molar-refractivity contribution >= 4 is 23.6 Å². The molecular weight excluding hydrogens is 661 g/mol. The van der Waals surface area contributed by atoms with Gasteiger partial charge in [0.2, 0.25) is 5.91 Å². The SMILES string of the molecule is CC1(C)CC[C@]2(C(=O)OCc3ccccc3)CC[C@]3(C)C(=CCC4[C@@]5(C)CC[C@@H](NC(=O)/C=C/c6ccc([N+](=O)[O-])cc6)C(C)(C)C5CC[C@]43C)C2C1. The Morgan fingerprint density at radius 2 is 1.57 bits per heavy atom. The van der Waals surface area contributed by atoms with Crippen LogP contribution < -0.4 is 5.32 Å². The predicted molar refractivity (Wildman–Crippen MR) is 209 cm³/mol. The molecule has 5 aliphatic rings. The maximum absolute atomic E-state index is 14.3. The molecule has 0 radical (unpaired) electrons. The zero-order valence-corrected chi connectivity index (χ0v) is 33.0. The molecule has 0 heterocycles. The van der Waals surface area contributed by atoms with E-state index in [4.69, 9.17) is 4.74 Å². The first-order valence-electron chi connectivity index (χ1n) is 20.1. The van der Waals surface area contributed by atoms with Crippen LogP contribution in [-0.2, 0) is 20.9 Å². The highest BCUT2D eigenvalue weighted by atomic mass is 16.6. The van der Waals surface area contributed by atoms with Crippen LogP contribution in [0.15, 0.2) is 72.3 Å². The van der Waals surface area contributed by atoms with E-state index in [1.54, 1.807) is 29.9 Å². The number of hydrogen-bond acceptors (Lipinski definition) is 5. The van der Waals surface area contributed by atoms with Gasteiger partial charge in [0, 0.05) is 24.3 Å². The highest BCUT2D eigenvalue weighted by Gasteiger charge is 2.69. The van der Waals surface area contributed by atoms with Crippen molar-refractivity contribution in [3.8, 4) is 0 Å². The maximum atomic E-state index is 14.3. The molecule has 7 rings (SSSR count). The number of nitro benzene ring substituents is 1. The van der Waals surface area contributed by atoms with Crippen molar-refractivity contribution in [2.75, 3.05) is 0 Å². The number of nitrogens with one attached hydrogen (secondary N) is 1. The third-order valence-electron chi connectivity index (χ3n) is 16.1. The summed E-state index contributed by atoms with van der Waals surface area (Å²) in [5.41, 5.74) is 3.28. The fraction of sp³-hybridized carbons (Fsp3) is 0.609. The van der Waals surface area contributed by atoms with Gasteiger partial charge in [-0.05, 0) is 138 Å². The Labute approximate surface area is 316 Å². The minimum atomic E-state index is -0.453. The van der Waals surface area contributed by atoms with Gasteiger partial charge in [0.1, 0.15) is 6.61 Å². The van der Waals surface area contributed by atoms with Crippen LogP contribution in [0.1, 0.15) is 124 Å². The number of benzene rings is 2. The Morgan fingerprint density at radius 3 is 2.26 bits per heavy atom. The maximum Gasteiger partial charge on any atom is 0.313 e. The molecule has 0 saturated heterocycles. The lowest BCUT2D eigenvalue weighted by molar-refractivity contribution is -0.384. The van der Waals surface area contributed by atoms with E-state index >= 15 is 0 Å². The summed E-state index contributed by atoms with van der Waals surface area (Å²) in [4.78, 5) is 38.2. The van der Waals surface area contributed by atoms with Crippen molar-refractivity contribution in [2.45, 2.75) is 125 Å². The van der Waals surface area contributed by atoms with Crippen LogP contribution in [0.5, 0.6) is 0 Å². The second-order valence-electron chi connectivity index (χ2n) is 19.5. The van der Waals surface area contributed by atoms with Crippen molar-refractivity contribution in [2.24, 2.45) is 50.2 Å². The second kappa shape index (κ2) is 13.2. The lowest BCUT2D eigenvalue weighted by Gasteiger charge is -2.71. The second-order valence-corrected chi connectivity index (χ2v) is 19.5. The number of nitrogens with zero attached hydrogens (tertiary/aromatic N) is 1. The van der Waals surface area contributed by atoms with E-state index in [1.807, 2.05) is 30.3 Å². The molecular formula is C46H60N2O5. The minimum Gasteiger partial charge on any atom is -0.460 e. The van der Waals surface area contributed by atoms with E-state index < -0.39 is 10.3 Å². The first-order valence-corrected chi connectivity index (χ1v) is 20.1. The predicted octanol–water partition coefficient (Wildman–Crippen LogP) is 10.6. The highest BCUT2D eigenvalue weighted by Crippen LogP contribution is 2.75. The molecule has 2 aromatic carbocycles. The van der Waals surface area contributed by atoms with Crippen LogP contribution in [0.2, 0.25) is 0 Å². The number of allylic oxidation sites excluding steroid dienone is 2. The molecule has 0 aromatic heterocycles. The van der Waals surface area contributed by atoms with Crippen molar-refractivity contribution < 1.29 is 19.2 Å². The number of rotatable bonds is 7. The molecule has 3 unspecified atom stereocenters. The molecule has 7 heteroatoms. The van der Waals surface area contributed by atoms with Gasteiger partial charge in [0.15, 0.2) is 0 Å². The molecule has 7 nitrogen and oxygen atoms in total. The van der Waals surface area contributed by atoms with Crippen LogP contribution >= 0.6 is 0 Å². The third kappa shape index (κ3) is 6.18. The smallest absolute Gasteiger partial charge is 0.313 e. The first-order chi connectivity index (χ1) is 25.0. The summed E-state index contributed by atoms with van der Waals surface area (Å²) >= 11 is 0. The molecule has 2 aromatic rings. The molecule has 4 saturated carbocycles. The summed E-state index contributed by atoms with van der Waals surface area (Å²) in [6.45, 7) is 17.6.